The molecule has 0 aliphatic carbocycles. The summed E-state index contributed by atoms with van der Waals surface area (Å²) in [5.74, 6) is 0.563. The van der Waals surface area contributed by atoms with Crippen LogP contribution in [0, 0.1) is 2.88 Å². The van der Waals surface area contributed by atoms with Crippen LogP contribution < -0.4 is 0 Å². The van der Waals surface area contributed by atoms with Crippen molar-refractivity contribution >= 4 is 51.5 Å². The number of nitrogens with zero attached hydrogens (tertiary/aromatic N) is 1. The number of aromatic nitrogens is 1. The third-order valence-corrected chi connectivity index (χ3v) is 3.28. The predicted octanol–water partition coefficient (Wildman–Crippen LogP) is 3.02. The molecule has 0 amide bonds. The highest BCUT2D eigenvalue weighted by Gasteiger charge is 2.12. The second-order valence-electron chi connectivity index (χ2n) is 1.75. The van der Waals surface area contributed by atoms with Crippen molar-refractivity contribution in [2.45, 2.75) is 0 Å². The zero-order valence-electron chi connectivity index (χ0n) is 5.73. The molecule has 0 saturated carbocycles. The molecule has 0 bridgehead atoms. The largest absolute Gasteiger partial charge is 0.497 e. The van der Waals surface area contributed by atoms with Crippen molar-refractivity contribution in [3.63, 3.8) is 0 Å². The fraction of sp³-hybridized carbons (Fsp3) is 0.167. The number of hydrogen-bond acceptors (Lipinski definition) is 3. The quantitative estimate of drug-likeness (QED) is 0.619. The Kier molecular flexibility index (Phi) is 3.15. The Hall–Kier alpha value is 0.190. The molecule has 0 unspecified atom stereocenters. The second-order valence-corrected chi connectivity index (χ2v) is 4.69. The Morgan fingerprint density at radius 3 is 2.82 bits per heavy atom. The molecule has 0 radical (unpaired) electrons. The lowest BCUT2D eigenvalue weighted by Gasteiger charge is -2.00. The zero-order valence-corrected chi connectivity index (χ0v) is 9.46. The van der Waals surface area contributed by atoms with Gasteiger partial charge in [-0.2, -0.15) is 4.37 Å². The summed E-state index contributed by atoms with van der Waals surface area (Å²) in [5.41, 5.74) is 0.805. The van der Waals surface area contributed by atoms with Crippen molar-refractivity contribution in [2.24, 2.45) is 0 Å². The van der Waals surface area contributed by atoms with Crippen molar-refractivity contribution in [1.82, 2.24) is 4.37 Å². The van der Waals surface area contributed by atoms with Crippen molar-refractivity contribution in [3.8, 4) is 0 Å². The van der Waals surface area contributed by atoms with Crippen molar-refractivity contribution < 1.29 is 4.74 Å². The van der Waals surface area contributed by atoms with Crippen LogP contribution in [-0.4, -0.2) is 11.5 Å². The maximum atomic E-state index is 5.77. The summed E-state index contributed by atoms with van der Waals surface area (Å²) >= 11 is 9.26. The standard InChI is InChI=1S/C6H5ClINOS/c1-3(10-2)4-5(7)9-11-6(4)8/h1H2,2H3. The van der Waals surface area contributed by atoms with Crippen molar-refractivity contribution in [2.75, 3.05) is 7.11 Å². The van der Waals surface area contributed by atoms with E-state index in [9.17, 15) is 0 Å². The average Bonchev–Trinajstić information content (AvgIpc) is 2.30. The molecule has 5 heteroatoms. The summed E-state index contributed by atoms with van der Waals surface area (Å²) in [6.45, 7) is 3.69. The van der Waals surface area contributed by atoms with Gasteiger partial charge < -0.3 is 4.74 Å². The van der Waals surface area contributed by atoms with E-state index in [0.717, 1.165) is 8.45 Å². The molecule has 1 heterocycles. The third-order valence-electron chi connectivity index (χ3n) is 1.13. The highest BCUT2D eigenvalue weighted by Crippen LogP contribution is 2.30. The lowest BCUT2D eigenvalue weighted by atomic mass is 10.3. The number of ether oxygens (including phenoxy) is 1. The molecule has 0 aliphatic heterocycles. The van der Waals surface area contributed by atoms with Crippen LogP contribution in [0.25, 0.3) is 5.76 Å². The van der Waals surface area contributed by atoms with Crippen LogP contribution in [0.2, 0.25) is 5.15 Å². The molecule has 11 heavy (non-hydrogen) atoms. The van der Waals surface area contributed by atoms with E-state index in [1.54, 1.807) is 7.11 Å². The molecule has 1 rings (SSSR count). The van der Waals surface area contributed by atoms with Gasteiger partial charge in [-0.3, -0.25) is 0 Å². The topological polar surface area (TPSA) is 22.1 Å². The molecular weight excluding hydrogens is 296 g/mol. The van der Waals surface area contributed by atoms with E-state index < -0.39 is 0 Å². The molecule has 0 spiro atoms. The lowest BCUT2D eigenvalue weighted by molar-refractivity contribution is 0.371. The van der Waals surface area contributed by atoms with Gasteiger partial charge in [0.05, 0.1) is 15.6 Å². The van der Waals surface area contributed by atoms with E-state index in [1.807, 2.05) is 0 Å². The van der Waals surface area contributed by atoms with Gasteiger partial charge in [-0.15, -0.1) is 0 Å². The summed E-state index contributed by atoms with van der Waals surface area (Å²) in [6, 6.07) is 0. The van der Waals surface area contributed by atoms with Crippen molar-refractivity contribution in [3.05, 3.63) is 20.2 Å². The number of rotatable bonds is 2. The number of hydrogen-bond donors (Lipinski definition) is 0. The average molecular weight is 302 g/mol. The van der Waals surface area contributed by atoms with Crippen LogP contribution >= 0.6 is 45.7 Å². The Morgan fingerprint density at radius 2 is 2.45 bits per heavy atom. The minimum absolute atomic E-state index is 0.464. The molecule has 0 fully saturated rings. The van der Waals surface area contributed by atoms with E-state index in [-0.39, 0.29) is 0 Å². The normalized spacial score (nSPS) is 9.73. The van der Waals surface area contributed by atoms with Gasteiger partial charge in [0.2, 0.25) is 0 Å². The summed E-state index contributed by atoms with van der Waals surface area (Å²) in [7, 11) is 1.56. The lowest BCUT2D eigenvalue weighted by Crippen LogP contribution is -1.85. The van der Waals surface area contributed by atoms with Crippen LogP contribution in [-0.2, 0) is 4.74 Å². The van der Waals surface area contributed by atoms with E-state index in [1.165, 1.54) is 11.5 Å². The predicted molar refractivity (Wildman–Crippen MR) is 55.9 cm³/mol. The third kappa shape index (κ3) is 1.86. The first kappa shape index (κ1) is 9.28. The first-order valence-corrected chi connectivity index (χ1v) is 4.93. The van der Waals surface area contributed by atoms with Gasteiger partial charge in [0.25, 0.3) is 0 Å². The summed E-state index contributed by atoms with van der Waals surface area (Å²) in [5, 5.41) is 0.464. The summed E-state index contributed by atoms with van der Waals surface area (Å²) in [4.78, 5) is 0. The Morgan fingerprint density at radius 1 is 1.82 bits per heavy atom. The monoisotopic (exact) mass is 301 g/mol. The first-order chi connectivity index (χ1) is 5.16. The molecular formula is C6H5ClINOS. The minimum Gasteiger partial charge on any atom is -0.497 e. The molecule has 0 saturated heterocycles. The maximum Gasteiger partial charge on any atom is 0.154 e. The van der Waals surface area contributed by atoms with Gasteiger partial charge in [-0.05, 0) is 34.1 Å². The molecule has 0 aromatic carbocycles. The fourth-order valence-electron chi connectivity index (χ4n) is 0.579. The van der Waals surface area contributed by atoms with Gasteiger partial charge >= 0.3 is 0 Å². The van der Waals surface area contributed by atoms with Gasteiger partial charge in [0.1, 0.15) is 5.76 Å². The van der Waals surface area contributed by atoms with E-state index in [0.29, 0.717) is 10.9 Å². The van der Waals surface area contributed by atoms with Gasteiger partial charge in [0, 0.05) is 0 Å². The van der Waals surface area contributed by atoms with Crippen LogP contribution in [0.4, 0.5) is 0 Å². The van der Waals surface area contributed by atoms with E-state index >= 15 is 0 Å². The van der Waals surface area contributed by atoms with Crippen LogP contribution in [0.3, 0.4) is 0 Å². The molecule has 60 valence electrons. The Bertz CT molecular complexity index is 267. The smallest absolute Gasteiger partial charge is 0.154 e. The van der Waals surface area contributed by atoms with Crippen LogP contribution in [0.1, 0.15) is 5.56 Å². The SMILES string of the molecule is C=C(OC)c1c(Cl)nsc1I. The Balaban J connectivity index is 3.10. The maximum absolute atomic E-state index is 5.77. The first-order valence-electron chi connectivity index (χ1n) is 2.70. The van der Waals surface area contributed by atoms with Crippen LogP contribution in [0.5, 0.6) is 0 Å². The van der Waals surface area contributed by atoms with Gasteiger partial charge in [0.15, 0.2) is 5.15 Å². The molecule has 0 N–H and O–H groups in total. The van der Waals surface area contributed by atoms with Crippen molar-refractivity contribution in [1.29, 1.82) is 0 Å². The minimum atomic E-state index is 0.464. The van der Waals surface area contributed by atoms with E-state index in [4.69, 9.17) is 16.3 Å². The Labute approximate surface area is 87.5 Å². The van der Waals surface area contributed by atoms with E-state index in [2.05, 4.69) is 33.5 Å². The molecule has 2 nitrogen and oxygen atoms in total. The van der Waals surface area contributed by atoms with Gasteiger partial charge in [-0.25, -0.2) is 0 Å². The summed E-state index contributed by atoms with van der Waals surface area (Å²) < 4.78 is 9.88. The molecule has 1 aromatic rings. The highest BCUT2D eigenvalue weighted by molar-refractivity contribution is 14.1. The fourth-order valence-corrected chi connectivity index (χ4v) is 2.50. The number of halogens is 2. The van der Waals surface area contributed by atoms with Gasteiger partial charge in [-0.1, -0.05) is 18.2 Å². The summed E-state index contributed by atoms with van der Waals surface area (Å²) in [6.07, 6.45) is 0. The highest BCUT2D eigenvalue weighted by atomic mass is 127. The second kappa shape index (κ2) is 3.73. The molecule has 0 atom stereocenters. The zero-order chi connectivity index (χ0) is 8.43. The molecule has 1 aromatic heterocycles. The number of methoxy groups -OCH3 is 1. The van der Waals surface area contributed by atoms with Crippen LogP contribution in [0.15, 0.2) is 6.58 Å². The molecule has 0 aliphatic rings.